The summed E-state index contributed by atoms with van der Waals surface area (Å²) in [7, 11) is 1.00. The minimum atomic E-state index is -0.350. The molecule has 0 amide bonds. The number of aryl methyl sites for hydroxylation is 1. The van der Waals surface area contributed by atoms with Crippen molar-refractivity contribution < 1.29 is 9.50 Å². The van der Waals surface area contributed by atoms with Gasteiger partial charge in [0.25, 0.3) is 0 Å². The van der Waals surface area contributed by atoms with E-state index in [2.05, 4.69) is 92.9 Å². The third kappa shape index (κ3) is 8.87. The number of unbranched alkanes of at least 4 members (excludes halogenated alkanes) is 1. The fourth-order valence-electron chi connectivity index (χ4n) is 7.08. The molecular weight excluding hydrogens is 626 g/mol. The van der Waals surface area contributed by atoms with Crippen molar-refractivity contribution in [2.75, 3.05) is 19.9 Å². The molecule has 49 heavy (non-hydrogen) atoms. The number of terminal acetylenes is 1. The lowest BCUT2D eigenvalue weighted by Gasteiger charge is -2.25. The van der Waals surface area contributed by atoms with Gasteiger partial charge in [0.15, 0.2) is 0 Å². The Morgan fingerprint density at radius 1 is 1.06 bits per heavy atom. The van der Waals surface area contributed by atoms with E-state index in [-0.39, 0.29) is 5.82 Å². The van der Waals surface area contributed by atoms with Crippen LogP contribution in [0.3, 0.4) is 0 Å². The van der Waals surface area contributed by atoms with Gasteiger partial charge in [0.05, 0.1) is 11.3 Å². The number of rotatable bonds is 15. The first kappa shape index (κ1) is 38.0. The van der Waals surface area contributed by atoms with Crippen LogP contribution in [0.4, 0.5) is 4.39 Å². The Bertz CT molecular complexity index is 1810. The Hall–Kier alpha value is -3.79. The zero-order chi connectivity index (χ0) is 35.5. The zero-order valence-corrected chi connectivity index (χ0v) is 31.2. The topological polar surface area (TPSA) is 50.1 Å². The largest absolute Gasteiger partial charge is 0.400 e. The molecule has 0 aliphatic carbocycles. The summed E-state index contributed by atoms with van der Waals surface area (Å²) < 4.78 is 16.7. The number of aliphatic hydroxyl groups excluding tert-OH is 1. The number of hydrogen-bond donors (Lipinski definition) is 2. The number of benzene rings is 2. The summed E-state index contributed by atoms with van der Waals surface area (Å²) >= 11 is 1.83. The summed E-state index contributed by atoms with van der Waals surface area (Å²) in [6.45, 7) is 14.8. The fourth-order valence-corrected chi connectivity index (χ4v) is 7.96. The molecule has 2 N–H and O–H groups in total. The molecule has 1 aliphatic heterocycles. The molecule has 0 saturated carbocycles. The highest BCUT2D eigenvalue weighted by Gasteiger charge is 2.27. The van der Waals surface area contributed by atoms with Gasteiger partial charge in [-0.15, -0.1) is 18.2 Å². The van der Waals surface area contributed by atoms with E-state index in [1.54, 1.807) is 12.1 Å². The van der Waals surface area contributed by atoms with E-state index in [9.17, 15) is 4.39 Å². The standard InChI is InChI=1S/C42H50FN3S.CH4O/c1-8-12-14-28(5)41-42(47-7)40(39(35-23-29(6)44-26-35)37(45-41)19-16-30(10-3)13-9-2)34-18-20-38-33(25-34)21-22-46(38)27-31-15-17-32(11-4)36(43)24-31;1-2/h4,15,17-18,20-25,28,30,44H,6,8-10,12-14,16,19,26-27H2,1-3,5,7H3;2H,1H3. The fraction of sp³-hybridized carbons (Fsp3) is 0.419. The predicted molar refractivity (Wildman–Crippen MR) is 209 cm³/mol. The first-order valence-electron chi connectivity index (χ1n) is 17.8. The first-order valence-corrected chi connectivity index (χ1v) is 19.1. The van der Waals surface area contributed by atoms with Crippen LogP contribution >= 0.6 is 11.8 Å². The van der Waals surface area contributed by atoms with Crippen LogP contribution in [0, 0.1) is 24.1 Å². The quantitative estimate of drug-likeness (QED) is 0.0970. The van der Waals surface area contributed by atoms with E-state index in [1.165, 1.54) is 70.7 Å². The molecule has 0 bridgehead atoms. The number of fused-ring (bicyclic) bond motifs is 1. The summed E-state index contributed by atoms with van der Waals surface area (Å²) in [5.41, 5.74) is 10.8. The maximum Gasteiger partial charge on any atom is 0.139 e. The number of nitrogens with one attached hydrogen (secondary N) is 1. The first-order chi connectivity index (χ1) is 23.8. The van der Waals surface area contributed by atoms with Gasteiger partial charge in [-0.3, -0.25) is 4.98 Å². The number of aromatic nitrogens is 2. The van der Waals surface area contributed by atoms with Crippen molar-refractivity contribution >= 4 is 28.2 Å². The molecule has 4 aromatic rings. The van der Waals surface area contributed by atoms with Gasteiger partial charge >= 0.3 is 0 Å². The van der Waals surface area contributed by atoms with Gasteiger partial charge in [0.2, 0.25) is 0 Å². The molecule has 3 heterocycles. The summed E-state index contributed by atoms with van der Waals surface area (Å²) in [6, 6.07) is 14.1. The number of pyridine rings is 1. The summed E-state index contributed by atoms with van der Waals surface area (Å²) in [6.07, 6.45) is 21.3. The average molecular weight is 680 g/mol. The predicted octanol–water partition coefficient (Wildman–Crippen LogP) is 10.8. The van der Waals surface area contributed by atoms with Crippen molar-refractivity contribution in [3.05, 3.63) is 101 Å². The lowest BCUT2D eigenvalue weighted by Crippen LogP contribution is -2.13. The van der Waals surface area contributed by atoms with Crippen LogP contribution in [0.5, 0.6) is 0 Å². The van der Waals surface area contributed by atoms with Crippen molar-refractivity contribution in [2.45, 2.75) is 96.4 Å². The Morgan fingerprint density at radius 2 is 1.86 bits per heavy atom. The Balaban J connectivity index is 0.00000265. The van der Waals surface area contributed by atoms with E-state index in [0.29, 0.717) is 23.9 Å². The smallest absolute Gasteiger partial charge is 0.139 e. The minimum absolute atomic E-state index is 0.294. The van der Waals surface area contributed by atoms with Gasteiger partial charge in [-0.2, -0.15) is 0 Å². The summed E-state index contributed by atoms with van der Waals surface area (Å²) in [5.74, 6) is 3.14. The number of nitrogens with zero attached hydrogens (tertiary/aromatic N) is 2. The molecule has 2 unspecified atom stereocenters. The highest BCUT2D eigenvalue weighted by Crippen LogP contribution is 2.44. The van der Waals surface area contributed by atoms with E-state index in [4.69, 9.17) is 16.5 Å². The third-order valence-electron chi connectivity index (χ3n) is 9.76. The van der Waals surface area contributed by atoms with Crippen molar-refractivity contribution in [3.8, 4) is 23.5 Å². The van der Waals surface area contributed by atoms with E-state index < -0.39 is 0 Å². The van der Waals surface area contributed by atoms with E-state index >= 15 is 0 Å². The van der Waals surface area contributed by atoms with Gasteiger partial charge in [-0.25, -0.2) is 4.39 Å². The monoisotopic (exact) mass is 679 g/mol. The molecule has 1 aliphatic rings. The number of halogens is 1. The van der Waals surface area contributed by atoms with E-state index in [0.717, 1.165) is 55.1 Å². The second kappa shape index (κ2) is 18.3. The van der Waals surface area contributed by atoms with Crippen LogP contribution in [0.1, 0.15) is 107 Å². The second-order valence-electron chi connectivity index (χ2n) is 13.1. The van der Waals surface area contributed by atoms with Crippen LogP contribution in [0.25, 0.3) is 27.6 Å². The molecule has 0 saturated heterocycles. The van der Waals surface area contributed by atoms with Gasteiger partial charge in [-0.1, -0.05) is 84.4 Å². The van der Waals surface area contributed by atoms with Crippen LogP contribution in [0.2, 0.25) is 0 Å². The number of thioether (sulfide) groups is 1. The van der Waals surface area contributed by atoms with Crippen LogP contribution < -0.4 is 5.32 Å². The minimum Gasteiger partial charge on any atom is -0.400 e. The SMILES string of the molecule is C#Cc1ccc(Cn2ccc3cc(-c4c(SC)c(C(C)CCCC)nc(CCC(CC)CCC)c4C4=CC(=C)NC4)ccc32)cc1F.CO. The zero-order valence-electron chi connectivity index (χ0n) is 30.3. The highest BCUT2D eigenvalue weighted by atomic mass is 32.2. The number of allylic oxidation sites excluding steroid dienone is 1. The Kier molecular flexibility index (Phi) is 14.2. The molecule has 2 atom stereocenters. The molecule has 0 spiro atoms. The molecule has 6 heteroatoms. The van der Waals surface area contributed by atoms with Gasteiger partial charge < -0.3 is 15.0 Å². The summed E-state index contributed by atoms with van der Waals surface area (Å²) in [4.78, 5) is 6.87. The number of aliphatic hydroxyl groups is 1. The maximum absolute atomic E-state index is 14.5. The Morgan fingerprint density at radius 3 is 2.49 bits per heavy atom. The van der Waals surface area contributed by atoms with Crippen molar-refractivity contribution in [1.29, 1.82) is 0 Å². The van der Waals surface area contributed by atoms with Gasteiger partial charge in [0.1, 0.15) is 5.82 Å². The van der Waals surface area contributed by atoms with Crippen LogP contribution in [-0.2, 0) is 13.0 Å². The average Bonchev–Trinajstić information content (AvgIpc) is 3.74. The molecule has 0 radical (unpaired) electrons. The lowest BCUT2D eigenvalue weighted by atomic mass is 9.86. The molecule has 2 aromatic heterocycles. The third-order valence-corrected chi connectivity index (χ3v) is 10.6. The maximum atomic E-state index is 14.5. The van der Waals surface area contributed by atoms with Crippen LogP contribution in [0.15, 0.2) is 71.9 Å². The second-order valence-corrected chi connectivity index (χ2v) is 13.9. The molecule has 4 nitrogen and oxygen atoms in total. The van der Waals surface area contributed by atoms with Crippen molar-refractivity contribution in [1.82, 2.24) is 14.9 Å². The number of hydrogen-bond acceptors (Lipinski definition) is 4. The highest BCUT2D eigenvalue weighted by molar-refractivity contribution is 7.98. The molecular formula is C43H54FN3OS. The van der Waals surface area contributed by atoms with Crippen molar-refractivity contribution in [2.24, 2.45) is 5.92 Å². The molecule has 0 fully saturated rings. The van der Waals surface area contributed by atoms with Crippen molar-refractivity contribution in [3.63, 3.8) is 0 Å². The van der Waals surface area contributed by atoms with E-state index in [1.807, 2.05) is 17.8 Å². The normalized spacial score (nSPS) is 13.8. The summed E-state index contributed by atoms with van der Waals surface area (Å²) in [5, 5.41) is 11.6. The molecule has 260 valence electrons. The Labute approximate surface area is 298 Å². The van der Waals surface area contributed by atoms with Crippen LogP contribution in [-0.4, -0.2) is 34.6 Å². The molecule has 5 rings (SSSR count). The van der Waals surface area contributed by atoms with Gasteiger partial charge in [0, 0.05) is 64.7 Å². The van der Waals surface area contributed by atoms with Gasteiger partial charge in [-0.05, 0) is 90.5 Å². The lowest BCUT2D eigenvalue weighted by molar-refractivity contribution is 0.399. The molecule has 2 aromatic carbocycles.